The van der Waals surface area contributed by atoms with Crippen LogP contribution in [0.25, 0.3) is 0 Å². The molecule has 3 N–H and O–H groups in total. The van der Waals surface area contributed by atoms with E-state index < -0.39 is 6.29 Å². The normalized spacial score (nSPS) is 20.0. The topological polar surface area (TPSA) is 106 Å². The fourth-order valence-electron chi connectivity index (χ4n) is 3.61. The van der Waals surface area contributed by atoms with Crippen LogP contribution in [0.15, 0.2) is 72.1 Å². The molecule has 2 amide bonds. The molecule has 3 aromatic rings. The molecular weight excluding hydrogens is 452 g/mol. The fraction of sp³-hybridized carbons (Fsp3) is 0.320. The van der Waals surface area contributed by atoms with Gasteiger partial charge in [-0.1, -0.05) is 48.2 Å². The molecule has 1 fully saturated rings. The highest BCUT2D eigenvalue weighted by molar-refractivity contribution is 7.99. The minimum absolute atomic E-state index is 0.00451. The first-order chi connectivity index (χ1) is 16.6. The Morgan fingerprint density at radius 1 is 1.06 bits per heavy atom. The Bertz CT molecular complexity index is 1050. The Balaban J connectivity index is 1.49. The van der Waals surface area contributed by atoms with E-state index in [1.165, 1.54) is 0 Å². The van der Waals surface area contributed by atoms with Gasteiger partial charge in [0.15, 0.2) is 11.4 Å². The van der Waals surface area contributed by atoms with Gasteiger partial charge in [-0.25, -0.2) is 14.8 Å². The molecular formula is C25H28N4O4S. The maximum atomic E-state index is 11.8. The number of aromatic nitrogens is 2. The Morgan fingerprint density at radius 3 is 2.44 bits per heavy atom. The number of hydrogen-bond acceptors (Lipinski definition) is 7. The van der Waals surface area contributed by atoms with Crippen molar-refractivity contribution in [1.82, 2.24) is 15.3 Å². The van der Waals surface area contributed by atoms with Crippen LogP contribution in [-0.2, 0) is 16.1 Å². The van der Waals surface area contributed by atoms with Crippen molar-refractivity contribution in [3.05, 3.63) is 83.7 Å². The van der Waals surface area contributed by atoms with E-state index in [0.29, 0.717) is 29.6 Å². The number of nitrogens with one attached hydrogen (secondary N) is 2. The maximum Gasteiger partial charge on any atom is 0.319 e. The zero-order valence-corrected chi connectivity index (χ0v) is 19.7. The Labute approximate surface area is 203 Å². The van der Waals surface area contributed by atoms with Crippen molar-refractivity contribution in [1.29, 1.82) is 0 Å². The van der Waals surface area contributed by atoms with E-state index in [0.717, 1.165) is 16.7 Å². The van der Waals surface area contributed by atoms with Crippen molar-refractivity contribution < 1.29 is 19.4 Å². The number of aliphatic hydroxyl groups excluding tert-OH is 1. The number of nitrogens with zero attached hydrogens (tertiary/aromatic N) is 2. The average molecular weight is 481 g/mol. The van der Waals surface area contributed by atoms with E-state index in [9.17, 15) is 9.90 Å². The lowest BCUT2D eigenvalue weighted by molar-refractivity contribution is -0.245. The number of carbonyl (C=O) groups excluding carboxylic acids is 1. The molecule has 0 aliphatic carbocycles. The number of anilines is 1. The summed E-state index contributed by atoms with van der Waals surface area (Å²) in [6.45, 7) is 2.43. The number of urea groups is 1. The lowest BCUT2D eigenvalue weighted by Crippen LogP contribution is -2.31. The van der Waals surface area contributed by atoms with Gasteiger partial charge in [-0.15, -0.1) is 0 Å². The summed E-state index contributed by atoms with van der Waals surface area (Å²) < 4.78 is 12.7. The third kappa shape index (κ3) is 6.54. The Hall–Kier alpha value is -2.98. The van der Waals surface area contributed by atoms with E-state index in [4.69, 9.17) is 9.47 Å². The molecule has 0 spiro atoms. The summed E-state index contributed by atoms with van der Waals surface area (Å²) in [7, 11) is 0. The van der Waals surface area contributed by atoms with E-state index in [1.807, 2.05) is 55.5 Å². The van der Waals surface area contributed by atoms with E-state index in [-0.39, 0.29) is 24.8 Å². The van der Waals surface area contributed by atoms with Gasteiger partial charge in [0.05, 0.1) is 18.8 Å². The molecule has 9 heteroatoms. The molecule has 0 radical (unpaired) electrons. The smallest absolute Gasteiger partial charge is 0.319 e. The molecule has 2 aromatic carbocycles. The number of rotatable bonds is 8. The number of thioether (sulfide) groups is 1. The monoisotopic (exact) mass is 480 g/mol. The number of benzene rings is 2. The highest BCUT2D eigenvalue weighted by Crippen LogP contribution is 2.39. The molecule has 3 atom stereocenters. The molecule has 2 heterocycles. The predicted octanol–water partition coefficient (Wildman–Crippen LogP) is 4.45. The number of amides is 2. The summed E-state index contributed by atoms with van der Waals surface area (Å²) in [6, 6.07) is 16.8. The standard InChI is InChI=1S/C25H28N4O4S/c1-2-26-24(31)29-20-10-8-19(9-11-20)23-32-21(16-34-25-27-12-3-13-28-25)14-22(33-23)18-6-4-17(15-30)5-7-18/h3-13,21-23,30H,2,14-16H2,1H3,(H2,26,29,31)/t21-,22+,23+/m1/s1. The van der Waals surface area contributed by atoms with Crippen molar-refractivity contribution in [2.45, 2.75) is 43.6 Å². The molecule has 0 saturated carbocycles. The highest BCUT2D eigenvalue weighted by Gasteiger charge is 2.32. The highest BCUT2D eigenvalue weighted by atomic mass is 32.2. The largest absolute Gasteiger partial charge is 0.392 e. The molecule has 1 aromatic heterocycles. The second-order valence-electron chi connectivity index (χ2n) is 7.80. The molecule has 1 aliphatic heterocycles. The minimum atomic E-state index is -0.558. The van der Waals surface area contributed by atoms with E-state index >= 15 is 0 Å². The van der Waals surface area contributed by atoms with Gasteiger partial charge in [0, 0.05) is 42.4 Å². The second-order valence-corrected chi connectivity index (χ2v) is 8.79. The molecule has 0 bridgehead atoms. The third-order valence-corrected chi connectivity index (χ3v) is 6.34. The van der Waals surface area contributed by atoms with Gasteiger partial charge in [-0.3, -0.25) is 0 Å². The first-order valence-corrected chi connectivity index (χ1v) is 12.2. The van der Waals surface area contributed by atoms with Crippen LogP contribution in [-0.4, -0.2) is 39.5 Å². The molecule has 178 valence electrons. The molecule has 34 heavy (non-hydrogen) atoms. The van der Waals surface area contributed by atoms with Gasteiger partial charge in [-0.2, -0.15) is 0 Å². The summed E-state index contributed by atoms with van der Waals surface area (Å²) in [5.41, 5.74) is 3.45. The number of hydrogen-bond donors (Lipinski definition) is 3. The van der Waals surface area contributed by atoms with Gasteiger partial charge in [-0.05, 0) is 36.2 Å². The summed E-state index contributed by atoms with van der Waals surface area (Å²) in [4.78, 5) is 20.3. The van der Waals surface area contributed by atoms with Crippen molar-refractivity contribution in [2.24, 2.45) is 0 Å². The van der Waals surface area contributed by atoms with Gasteiger partial charge in [0.25, 0.3) is 0 Å². The average Bonchev–Trinajstić information content (AvgIpc) is 2.88. The van der Waals surface area contributed by atoms with Crippen LogP contribution in [0.1, 0.15) is 42.4 Å². The van der Waals surface area contributed by atoms with Gasteiger partial charge in [0.2, 0.25) is 0 Å². The van der Waals surface area contributed by atoms with Crippen molar-refractivity contribution in [3.8, 4) is 0 Å². The minimum Gasteiger partial charge on any atom is -0.392 e. The van der Waals surface area contributed by atoms with Gasteiger partial charge in [0.1, 0.15) is 0 Å². The van der Waals surface area contributed by atoms with Crippen molar-refractivity contribution in [2.75, 3.05) is 17.6 Å². The van der Waals surface area contributed by atoms with Gasteiger partial charge < -0.3 is 25.2 Å². The van der Waals surface area contributed by atoms with Crippen molar-refractivity contribution in [3.63, 3.8) is 0 Å². The van der Waals surface area contributed by atoms with Crippen LogP contribution < -0.4 is 10.6 Å². The molecule has 1 saturated heterocycles. The fourth-order valence-corrected chi connectivity index (χ4v) is 4.43. The van der Waals surface area contributed by atoms with Crippen LogP contribution >= 0.6 is 11.8 Å². The summed E-state index contributed by atoms with van der Waals surface area (Å²) in [5, 5.41) is 15.6. The number of ether oxygens (including phenoxy) is 2. The summed E-state index contributed by atoms with van der Waals surface area (Å²) >= 11 is 1.55. The van der Waals surface area contributed by atoms with E-state index in [1.54, 1.807) is 30.2 Å². The molecule has 4 rings (SSSR count). The quantitative estimate of drug-likeness (QED) is 0.323. The first-order valence-electron chi connectivity index (χ1n) is 11.2. The predicted molar refractivity (Wildman–Crippen MR) is 130 cm³/mol. The van der Waals surface area contributed by atoms with Crippen LogP contribution in [0.4, 0.5) is 10.5 Å². The zero-order chi connectivity index (χ0) is 23.8. The van der Waals surface area contributed by atoms with E-state index in [2.05, 4.69) is 20.6 Å². The summed E-state index contributed by atoms with van der Waals surface area (Å²) in [5.74, 6) is 0.686. The summed E-state index contributed by atoms with van der Waals surface area (Å²) in [6.07, 6.45) is 3.34. The SMILES string of the molecule is CCNC(=O)Nc1ccc([C@H]2O[C@@H](CSc3ncccn3)C[C@@H](c3ccc(CO)cc3)O2)cc1. The van der Waals surface area contributed by atoms with Crippen molar-refractivity contribution >= 4 is 23.5 Å². The zero-order valence-electron chi connectivity index (χ0n) is 18.9. The Morgan fingerprint density at radius 2 is 1.76 bits per heavy atom. The van der Waals surface area contributed by atoms with Crippen LogP contribution in [0, 0.1) is 0 Å². The molecule has 1 aliphatic rings. The lowest BCUT2D eigenvalue weighted by Gasteiger charge is -2.36. The van der Waals surface area contributed by atoms with Crippen LogP contribution in [0.3, 0.4) is 0 Å². The first kappa shape index (κ1) is 24.2. The number of aliphatic hydroxyl groups is 1. The van der Waals surface area contributed by atoms with Gasteiger partial charge >= 0.3 is 6.03 Å². The van der Waals surface area contributed by atoms with Crippen LogP contribution in [0.2, 0.25) is 0 Å². The molecule has 0 unspecified atom stereocenters. The number of carbonyl (C=O) groups is 1. The maximum absolute atomic E-state index is 11.8. The Kier molecular flexibility index (Phi) is 8.48. The van der Waals surface area contributed by atoms with Crippen LogP contribution in [0.5, 0.6) is 0 Å². The lowest BCUT2D eigenvalue weighted by atomic mass is 10.0. The second kappa shape index (κ2) is 11.9. The third-order valence-electron chi connectivity index (χ3n) is 5.33. The molecule has 8 nitrogen and oxygen atoms in total.